The number of ketones is 1. The average Bonchev–Trinajstić information content (AvgIpc) is 1.88. The van der Waals surface area contributed by atoms with Crippen LogP contribution in [0, 0.1) is 5.92 Å². The third-order valence-electron chi connectivity index (χ3n) is 1.72. The lowest BCUT2D eigenvalue weighted by Crippen LogP contribution is -2.26. The van der Waals surface area contributed by atoms with E-state index in [2.05, 4.69) is 0 Å². The first-order valence-electron chi connectivity index (χ1n) is 3.36. The fraction of sp³-hybridized carbons (Fsp3) is 0.714. The van der Waals surface area contributed by atoms with Gasteiger partial charge in [-0.3, -0.25) is 9.59 Å². The third kappa shape index (κ3) is 1.56. The van der Waals surface area contributed by atoms with Crippen LogP contribution in [0.25, 0.3) is 0 Å². The summed E-state index contributed by atoms with van der Waals surface area (Å²) in [5, 5.41) is 0. The molecule has 1 heterocycles. The van der Waals surface area contributed by atoms with Crippen molar-refractivity contribution >= 4 is 11.8 Å². The second-order valence-electron chi connectivity index (χ2n) is 2.53. The number of rotatable bonds is 1. The predicted octanol–water partition coefficient (Wildman–Crippen LogP) is 0.529. The van der Waals surface area contributed by atoms with E-state index in [1.54, 1.807) is 0 Å². The van der Waals surface area contributed by atoms with Crippen molar-refractivity contribution in [2.75, 3.05) is 6.61 Å². The summed E-state index contributed by atoms with van der Waals surface area (Å²) >= 11 is 0. The van der Waals surface area contributed by atoms with Gasteiger partial charge in [0.05, 0.1) is 5.92 Å². The van der Waals surface area contributed by atoms with Gasteiger partial charge in [-0.1, -0.05) is 0 Å². The highest BCUT2D eigenvalue weighted by molar-refractivity contribution is 5.80. The van der Waals surface area contributed by atoms with Crippen LogP contribution in [0.3, 0.4) is 0 Å². The monoisotopic (exact) mass is 142 g/mol. The molecule has 1 saturated heterocycles. The van der Waals surface area contributed by atoms with E-state index in [9.17, 15) is 9.59 Å². The van der Waals surface area contributed by atoms with E-state index >= 15 is 0 Å². The van der Waals surface area contributed by atoms with Gasteiger partial charge in [-0.25, -0.2) is 0 Å². The SMILES string of the molecule is CC(=O)C1CCC(=O)OC1. The maximum atomic E-state index is 10.7. The molecule has 0 radical (unpaired) electrons. The molecule has 1 aliphatic heterocycles. The van der Waals surface area contributed by atoms with Gasteiger partial charge in [-0.15, -0.1) is 0 Å². The highest BCUT2D eigenvalue weighted by Crippen LogP contribution is 2.14. The number of ether oxygens (including phenoxy) is 1. The molecule has 56 valence electrons. The molecule has 1 unspecified atom stereocenters. The summed E-state index contributed by atoms with van der Waals surface area (Å²) in [5.74, 6) is -0.109. The minimum Gasteiger partial charge on any atom is -0.465 e. The van der Waals surface area contributed by atoms with Gasteiger partial charge in [0.1, 0.15) is 12.4 Å². The maximum absolute atomic E-state index is 10.7. The van der Waals surface area contributed by atoms with E-state index in [1.165, 1.54) is 6.92 Å². The van der Waals surface area contributed by atoms with E-state index in [0.29, 0.717) is 12.8 Å². The third-order valence-corrected chi connectivity index (χ3v) is 1.72. The zero-order valence-corrected chi connectivity index (χ0v) is 5.92. The molecular weight excluding hydrogens is 132 g/mol. The molecule has 0 aromatic heterocycles. The molecule has 1 atom stereocenters. The van der Waals surface area contributed by atoms with E-state index < -0.39 is 0 Å². The Balaban J connectivity index is 2.40. The molecule has 0 aliphatic carbocycles. The topological polar surface area (TPSA) is 43.4 Å². The molecule has 0 amide bonds. The smallest absolute Gasteiger partial charge is 0.305 e. The summed E-state index contributed by atoms with van der Waals surface area (Å²) < 4.78 is 4.69. The van der Waals surface area contributed by atoms with Gasteiger partial charge in [0.2, 0.25) is 0 Å². The fourth-order valence-corrected chi connectivity index (χ4v) is 0.962. The fourth-order valence-electron chi connectivity index (χ4n) is 0.962. The van der Waals surface area contributed by atoms with Gasteiger partial charge in [0.25, 0.3) is 0 Å². The van der Waals surface area contributed by atoms with Crippen molar-refractivity contribution in [2.24, 2.45) is 5.92 Å². The maximum Gasteiger partial charge on any atom is 0.305 e. The average molecular weight is 142 g/mol. The standard InChI is InChI=1S/C7H10O3/c1-5(8)6-2-3-7(9)10-4-6/h6H,2-4H2,1H3. The number of cyclic esters (lactones) is 1. The molecule has 1 fully saturated rings. The van der Waals surface area contributed by atoms with E-state index in [0.717, 1.165) is 0 Å². The normalized spacial score (nSPS) is 25.7. The molecule has 1 rings (SSSR count). The molecule has 0 aromatic carbocycles. The van der Waals surface area contributed by atoms with Crippen LogP contribution in [0.4, 0.5) is 0 Å². The molecule has 0 N–H and O–H groups in total. The zero-order valence-electron chi connectivity index (χ0n) is 5.92. The van der Waals surface area contributed by atoms with Crippen molar-refractivity contribution < 1.29 is 14.3 Å². The van der Waals surface area contributed by atoms with Crippen LogP contribution in [0.5, 0.6) is 0 Å². The van der Waals surface area contributed by atoms with Gasteiger partial charge in [0, 0.05) is 6.42 Å². The molecular formula is C7H10O3. The number of esters is 1. The van der Waals surface area contributed by atoms with Gasteiger partial charge < -0.3 is 4.74 Å². The lowest BCUT2D eigenvalue weighted by atomic mass is 9.98. The lowest BCUT2D eigenvalue weighted by molar-refractivity contribution is -0.151. The molecule has 0 aromatic rings. The minimum absolute atomic E-state index is 0.0438. The highest BCUT2D eigenvalue weighted by Gasteiger charge is 2.22. The second-order valence-corrected chi connectivity index (χ2v) is 2.53. The summed E-state index contributed by atoms with van der Waals surface area (Å²) in [7, 11) is 0. The Labute approximate surface area is 59.4 Å². The lowest BCUT2D eigenvalue weighted by Gasteiger charge is -2.18. The summed E-state index contributed by atoms with van der Waals surface area (Å²) in [6.07, 6.45) is 1.05. The van der Waals surface area contributed by atoms with Gasteiger partial charge in [-0.05, 0) is 13.3 Å². The molecule has 3 nitrogen and oxygen atoms in total. The number of carbonyl (C=O) groups excluding carboxylic acids is 2. The van der Waals surface area contributed by atoms with Crippen molar-refractivity contribution in [2.45, 2.75) is 19.8 Å². The number of Topliss-reactive ketones (excluding diaryl/α,β-unsaturated/α-hetero) is 1. The number of hydrogen-bond acceptors (Lipinski definition) is 3. The van der Waals surface area contributed by atoms with Crippen LogP contribution in [-0.2, 0) is 14.3 Å². The molecule has 3 heteroatoms. The molecule has 0 spiro atoms. The summed E-state index contributed by atoms with van der Waals surface area (Å²) in [5.41, 5.74) is 0. The number of hydrogen-bond donors (Lipinski definition) is 0. The van der Waals surface area contributed by atoms with E-state index in [-0.39, 0.29) is 24.3 Å². The van der Waals surface area contributed by atoms with Gasteiger partial charge in [-0.2, -0.15) is 0 Å². The van der Waals surface area contributed by atoms with Crippen LogP contribution in [-0.4, -0.2) is 18.4 Å². The summed E-state index contributed by atoms with van der Waals surface area (Å²) in [6, 6.07) is 0. The zero-order chi connectivity index (χ0) is 7.56. The Kier molecular flexibility index (Phi) is 2.04. The molecule has 10 heavy (non-hydrogen) atoms. The van der Waals surface area contributed by atoms with Gasteiger partial charge in [0.15, 0.2) is 0 Å². The summed E-state index contributed by atoms with van der Waals surface area (Å²) in [4.78, 5) is 21.2. The van der Waals surface area contributed by atoms with Crippen molar-refractivity contribution in [1.29, 1.82) is 0 Å². The Morgan fingerprint density at radius 2 is 2.40 bits per heavy atom. The largest absolute Gasteiger partial charge is 0.465 e. The predicted molar refractivity (Wildman–Crippen MR) is 34.4 cm³/mol. The first-order chi connectivity index (χ1) is 4.70. The van der Waals surface area contributed by atoms with Gasteiger partial charge >= 0.3 is 5.97 Å². The highest BCUT2D eigenvalue weighted by atomic mass is 16.5. The second kappa shape index (κ2) is 2.82. The van der Waals surface area contributed by atoms with Crippen molar-refractivity contribution in [3.05, 3.63) is 0 Å². The molecule has 1 aliphatic rings. The van der Waals surface area contributed by atoms with E-state index in [1.807, 2.05) is 0 Å². The Hall–Kier alpha value is -0.860. The number of carbonyl (C=O) groups is 2. The van der Waals surface area contributed by atoms with Crippen LogP contribution >= 0.6 is 0 Å². The first kappa shape index (κ1) is 7.25. The summed E-state index contributed by atoms with van der Waals surface area (Å²) in [6.45, 7) is 1.82. The van der Waals surface area contributed by atoms with Crippen LogP contribution in [0.15, 0.2) is 0 Å². The van der Waals surface area contributed by atoms with Crippen LogP contribution < -0.4 is 0 Å². The first-order valence-corrected chi connectivity index (χ1v) is 3.36. The van der Waals surface area contributed by atoms with Crippen LogP contribution in [0.2, 0.25) is 0 Å². The minimum atomic E-state index is -0.183. The van der Waals surface area contributed by atoms with Crippen molar-refractivity contribution in [3.8, 4) is 0 Å². The Bertz CT molecular complexity index is 152. The quantitative estimate of drug-likeness (QED) is 0.501. The molecule has 0 saturated carbocycles. The van der Waals surface area contributed by atoms with E-state index in [4.69, 9.17) is 4.74 Å². The van der Waals surface area contributed by atoms with Crippen molar-refractivity contribution in [1.82, 2.24) is 0 Å². The van der Waals surface area contributed by atoms with Crippen molar-refractivity contribution in [3.63, 3.8) is 0 Å². The Morgan fingerprint density at radius 1 is 1.70 bits per heavy atom. The molecule has 0 bridgehead atoms. The van der Waals surface area contributed by atoms with Crippen LogP contribution in [0.1, 0.15) is 19.8 Å². The Morgan fingerprint density at radius 3 is 2.80 bits per heavy atom.